The van der Waals surface area contributed by atoms with Crippen LogP contribution in [0.1, 0.15) is 54.3 Å². The van der Waals surface area contributed by atoms with Crippen LogP contribution in [0, 0.1) is 0 Å². The van der Waals surface area contributed by atoms with Gasteiger partial charge in [0, 0.05) is 42.5 Å². The lowest BCUT2D eigenvalue weighted by atomic mass is 10.1. The molecule has 2 N–H and O–H groups in total. The second-order valence-corrected chi connectivity index (χ2v) is 6.59. The average Bonchev–Trinajstić information content (AvgIpc) is 2.67. The lowest BCUT2D eigenvalue weighted by Crippen LogP contribution is -2.32. The summed E-state index contributed by atoms with van der Waals surface area (Å²) in [6.07, 6.45) is 1.81. The van der Waals surface area contributed by atoms with E-state index in [-0.39, 0.29) is 17.7 Å². The lowest BCUT2D eigenvalue weighted by molar-refractivity contribution is -0.114. The second-order valence-electron chi connectivity index (χ2n) is 6.59. The van der Waals surface area contributed by atoms with Crippen LogP contribution in [0.15, 0.2) is 48.5 Å². The molecule has 148 valence electrons. The molecule has 0 saturated heterocycles. The Morgan fingerprint density at radius 1 is 0.821 bits per heavy atom. The molecule has 0 saturated carbocycles. The number of nitrogens with zero attached hydrogens (tertiary/aromatic N) is 1. The van der Waals surface area contributed by atoms with Crippen LogP contribution >= 0.6 is 0 Å². The number of carbonyl (C=O) groups excluding carboxylic acids is 3. The average molecular weight is 381 g/mol. The standard InChI is InChI=1S/C22H27N3O3/c1-4-13-25(14-5-2)22(28)18-11-9-17(10-12-18)21(27)24-20-8-6-7-19(15-20)23-16(3)26/h6-12,15H,4-5,13-14H2,1-3H3,(H,23,26)(H,24,27). The van der Waals surface area contributed by atoms with Gasteiger partial charge in [-0.2, -0.15) is 0 Å². The van der Waals surface area contributed by atoms with Crippen LogP contribution in [0.25, 0.3) is 0 Å². The Balaban J connectivity index is 2.07. The van der Waals surface area contributed by atoms with Crippen LogP contribution < -0.4 is 10.6 Å². The molecule has 6 heteroatoms. The molecule has 0 radical (unpaired) electrons. The normalized spacial score (nSPS) is 10.2. The van der Waals surface area contributed by atoms with E-state index in [9.17, 15) is 14.4 Å². The zero-order valence-corrected chi connectivity index (χ0v) is 16.6. The van der Waals surface area contributed by atoms with E-state index in [1.54, 1.807) is 48.5 Å². The van der Waals surface area contributed by atoms with E-state index >= 15 is 0 Å². The first-order valence-electron chi connectivity index (χ1n) is 9.53. The number of rotatable bonds is 8. The zero-order valence-electron chi connectivity index (χ0n) is 16.6. The van der Waals surface area contributed by atoms with Gasteiger partial charge < -0.3 is 15.5 Å². The van der Waals surface area contributed by atoms with Gasteiger partial charge in [-0.3, -0.25) is 14.4 Å². The van der Waals surface area contributed by atoms with Crippen LogP contribution in [0.4, 0.5) is 11.4 Å². The van der Waals surface area contributed by atoms with Crippen LogP contribution in [0.3, 0.4) is 0 Å². The molecule has 28 heavy (non-hydrogen) atoms. The van der Waals surface area contributed by atoms with Gasteiger partial charge in [0.1, 0.15) is 0 Å². The second kappa shape index (κ2) is 10.3. The fraction of sp³-hybridized carbons (Fsp3) is 0.318. The molecule has 0 aliphatic carbocycles. The summed E-state index contributed by atoms with van der Waals surface area (Å²) >= 11 is 0. The maximum atomic E-state index is 12.6. The molecule has 0 aromatic heterocycles. The highest BCUT2D eigenvalue weighted by Crippen LogP contribution is 2.17. The number of hydrogen-bond acceptors (Lipinski definition) is 3. The number of hydrogen-bond donors (Lipinski definition) is 2. The molecule has 0 unspecified atom stereocenters. The Hall–Kier alpha value is -3.15. The van der Waals surface area contributed by atoms with Gasteiger partial charge in [-0.1, -0.05) is 19.9 Å². The van der Waals surface area contributed by atoms with E-state index in [0.29, 0.717) is 22.5 Å². The minimum absolute atomic E-state index is 0.0151. The highest BCUT2D eigenvalue weighted by molar-refractivity contribution is 6.05. The van der Waals surface area contributed by atoms with Crippen molar-refractivity contribution in [1.82, 2.24) is 4.90 Å². The van der Waals surface area contributed by atoms with Gasteiger partial charge in [-0.15, -0.1) is 0 Å². The number of nitrogens with one attached hydrogen (secondary N) is 2. The number of carbonyl (C=O) groups is 3. The van der Waals surface area contributed by atoms with Crippen molar-refractivity contribution in [3.8, 4) is 0 Å². The van der Waals surface area contributed by atoms with Crippen molar-refractivity contribution in [1.29, 1.82) is 0 Å². The van der Waals surface area contributed by atoms with E-state index in [2.05, 4.69) is 10.6 Å². The third-order valence-electron chi connectivity index (χ3n) is 4.11. The molecule has 6 nitrogen and oxygen atoms in total. The molecule has 0 aliphatic rings. The van der Waals surface area contributed by atoms with Crippen molar-refractivity contribution >= 4 is 29.1 Å². The predicted molar refractivity (Wildman–Crippen MR) is 112 cm³/mol. The van der Waals surface area contributed by atoms with Gasteiger partial charge in [0.2, 0.25) is 5.91 Å². The van der Waals surface area contributed by atoms with Gasteiger partial charge in [0.25, 0.3) is 11.8 Å². The van der Waals surface area contributed by atoms with Crippen molar-refractivity contribution in [2.24, 2.45) is 0 Å². The van der Waals surface area contributed by atoms with Crippen molar-refractivity contribution in [3.63, 3.8) is 0 Å². The number of benzene rings is 2. The number of amides is 3. The Kier molecular flexibility index (Phi) is 7.75. The Labute approximate surface area is 165 Å². The van der Waals surface area contributed by atoms with Gasteiger partial charge >= 0.3 is 0 Å². The van der Waals surface area contributed by atoms with Gasteiger partial charge in [-0.05, 0) is 55.3 Å². The molecule has 0 aliphatic heterocycles. The van der Waals surface area contributed by atoms with Gasteiger partial charge in [0.05, 0.1) is 0 Å². The predicted octanol–water partition coefficient (Wildman–Crippen LogP) is 4.16. The fourth-order valence-electron chi connectivity index (χ4n) is 2.88. The summed E-state index contributed by atoms with van der Waals surface area (Å²) in [5, 5.41) is 5.48. The maximum absolute atomic E-state index is 12.6. The van der Waals surface area contributed by atoms with E-state index in [1.807, 2.05) is 18.7 Å². The van der Waals surface area contributed by atoms with Crippen LogP contribution in [-0.2, 0) is 4.79 Å². The van der Waals surface area contributed by atoms with E-state index in [4.69, 9.17) is 0 Å². The van der Waals surface area contributed by atoms with E-state index in [0.717, 1.165) is 25.9 Å². The summed E-state index contributed by atoms with van der Waals surface area (Å²) in [5.74, 6) is -0.472. The van der Waals surface area contributed by atoms with Crippen LogP contribution in [0.5, 0.6) is 0 Å². The molecule has 2 aromatic carbocycles. The Bertz CT molecular complexity index is 825. The lowest BCUT2D eigenvalue weighted by Gasteiger charge is -2.21. The highest BCUT2D eigenvalue weighted by atomic mass is 16.2. The maximum Gasteiger partial charge on any atom is 0.255 e. The number of anilines is 2. The van der Waals surface area contributed by atoms with Gasteiger partial charge in [-0.25, -0.2) is 0 Å². The first-order chi connectivity index (χ1) is 13.4. The SMILES string of the molecule is CCCN(CCC)C(=O)c1ccc(C(=O)Nc2cccc(NC(C)=O)c2)cc1. The molecule has 2 aromatic rings. The van der Waals surface area contributed by atoms with Gasteiger partial charge in [0.15, 0.2) is 0 Å². The Morgan fingerprint density at radius 3 is 1.89 bits per heavy atom. The third-order valence-corrected chi connectivity index (χ3v) is 4.11. The quantitative estimate of drug-likeness (QED) is 0.721. The molecule has 0 atom stereocenters. The molecule has 0 fully saturated rings. The van der Waals surface area contributed by atoms with Crippen molar-refractivity contribution in [2.45, 2.75) is 33.6 Å². The Morgan fingerprint density at radius 2 is 1.36 bits per heavy atom. The molecular formula is C22H27N3O3. The molecular weight excluding hydrogens is 354 g/mol. The summed E-state index contributed by atoms with van der Waals surface area (Å²) in [6.45, 7) is 6.96. The first kappa shape index (κ1) is 21.2. The van der Waals surface area contributed by atoms with E-state index in [1.165, 1.54) is 6.92 Å². The molecule has 0 bridgehead atoms. The fourth-order valence-corrected chi connectivity index (χ4v) is 2.88. The summed E-state index contributed by atoms with van der Waals surface area (Å²) < 4.78 is 0. The monoisotopic (exact) mass is 381 g/mol. The van der Waals surface area contributed by atoms with Crippen LogP contribution in [0.2, 0.25) is 0 Å². The van der Waals surface area contributed by atoms with Crippen molar-refractivity contribution < 1.29 is 14.4 Å². The summed E-state index contributed by atoms with van der Waals surface area (Å²) in [7, 11) is 0. The summed E-state index contributed by atoms with van der Waals surface area (Å²) in [4.78, 5) is 38.1. The minimum atomic E-state index is -0.280. The van der Waals surface area contributed by atoms with Crippen molar-refractivity contribution in [3.05, 3.63) is 59.7 Å². The molecule has 0 spiro atoms. The zero-order chi connectivity index (χ0) is 20.5. The van der Waals surface area contributed by atoms with Crippen LogP contribution in [-0.4, -0.2) is 35.7 Å². The minimum Gasteiger partial charge on any atom is -0.339 e. The molecule has 2 rings (SSSR count). The van der Waals surface area contributed by atoms with Crippen molar-refractivity contribution in [2.75, 3.05) is 23.7 Å². The summed E-state index contributed by atoms with van der Waals surface area (Å²) in [6, 6.07) is 13.6. The summed E-state index contributed by atoms with van der Waals surface area (Å²) in [5.41, 5.74) is 2.22. The molecule has 3 amide bonds. The largest absolute Gasteiger partial charge is 0.339 e. The highest BCUT2D eigenvalue weighted by Gasteiger charge is 2.15. The third kappa shape index (κ3) is 5.94. The topological polar surface area (TPSA) is 78.5 Å². The smallest absolute Gasteiger partial charge is 0.255 e. The van der Waals surface area contributed by atoms with E-state index < -0.39 is 0 Å². The molecule has 0 heterocycles. The first-order valence-corrected chi connectivity index (χ1v) is 9.53.